The Kier molecular flexibility index (Phi) is 6.40. The molecule has 168 valence electrons. The SMILES string of the molecule is COc1cccc(C2NC(SCC(=O)N3CCCC3)C3C(=O)N(C)C(=O)N(C)C3N2)c1. The number of methoxy groups -OCH3 is 1. The van der Waals surface area contributed by atoms with Gasteiger partial charge in [-0.2, -0.15) is 0 Å². The number of rotatable bonds is 5. The summed E-state index contributed by atoms with van der Waals surface area (Å²) < 4.78 is 5.35. The van der Waals surface area contributed by atoms with E-state index in [9.17, 15) is 14.4 Å². The molecule has 2 N–H and O–H groups in total. The first-order valence-corrected chi connectivity index (χ1v) is 11.6. The van der Waals surface area contributed by atoms with E-state index in [4.69, 9.17) is 4.74 Å². The highest BCUT2D eigenvalue weighted by Gasteiger charge is 2.51. The first-order chi connectivity index (χ1) is 14.9. The number of urea groups is 1. The van der Waals surface area contributed by atoms with Gasteiger partial charge in [0.25, 0.3) is 0 Å². The standard InChI is InChI=1S/C21H29N5O4S/c1-24-18-16(20(28)25(2)21(24)29)19(31-12-15(27)26-9-4-5-10-26)23-17(22-18)13-7-6-8-14(11-13)30-3/h6-8,11,16-19,22-23H,4-5,9-10,12H2,1-3H3. The number of hydrogen-bond acceptors (Lipinski definition) is 7. The van der Waals surface area contributed by atoms with Gasteiger partial charge in [0.15, 0.2) is 0 Å². The summed E-state index contributed by atoms with van der Waals surface area (Å²) in [5.74, 6) is 0.355. The van der Waals surface area contributed by atoms with E-state index in [1.807, 2.05) is 29.2 Å². The first kappa shape index (κ1) is 21.9. The van der Waals surface area contributed by atoms with Crippen molar-refractivity contribution in [1.29, 1.82) is 0 Å². The van der Waals surface area contributed by atoms with Crippen molar-refractivity contribution >= 4 is 29.6 Å². The Morgan fingerprint density at radius 2 is 1.94 bits per heavy atom. The average molecular weight is 448 g/mol. The molecule has 3 saturated heterocycles. The third kappa shape index (κ3) is 4.24. The van der Waals surface area contributed by atoms with Crippen molar-refractivity contribution in [2.75, 3.05) is 40.0 Å². The Morgan fingerprint density at radius 3 is 2.65 bits per heavy atom. The minimum absolute atomic E-state index is 0.0957. The van der Waals surface area contributed by atoms with Gasteiger partial charge in [0.1, 0.15) is 5.75 Å². The molecule has 0 saturated carbocycles. The van der Waals surface area contributed by atoms with Crippen LogP contribution in [-0.2, 0) is 9.59 Å². The van der Waals surface area contributed by atoms with Crippen LogP contribution in [0.15, 0.2) is 24.3 Å². The summed E-state index contributed by atoms with van der Waals surface area (Å²) in [6.45, 7) is 1.60. The highest BCUT2D eigenvalue weighted by atomic mass is 32.2. The van der Waals surface area contributed by atoms with Gasteiger partial charge in [-0.15, -0.1) is 11.8 Å². The molecule has 0 bridgehead atoms. The van der Waals surface area contributed by atoms with Gasteiger partial charge in [-0.3, -0.25) is 25.1 Å². The Hall–Kier alpha value is -2.30. The zero-order chi connectivity index (χ0) is 22.1. The van der Waals surface area contributed by atoms with Crippen LogP contribution in [0.3, 0.4) is 0 Å². The van der Waals surface area contributed by atoms with E-state index in [1.165, 1.54) is 18.8 Å². The van der Waals surface area contributed by atoms with E-state index in [1.54, 1.807) is 19.1 Å². The summed E-state index contributed by atoms with van der Waals surface area (Å²) in [6.07, 6.45) is 1.30. The number of ether oxygens (including phenoxy) is 1. The number of carbonyl (C=O) groups is 3. The van der Waals surface area contributed by atoms with Crippen molar-refractivity contribution < 1.29 is 19.1 Å². The summed E-state index contributed by atoms with van der Waals surface area (Å²) in [5.41, 5.74) is 0.932. The second-order valence-electron chi connectivity index (χ2n) is 8.12. The average Bonchev–Trinajstić information content (AvgIpc) is 3.34. The van der Waals surface area contributed by atoms with Gasteiger partial charge in [-0.25, -0.2) is 4.79 Å². The lowest BCUT2D eigenvalue weighted by atomic mass is 9.96. The van der Waals surface area contributed by atoms with Crippen molar-refractivity contribution in [3.05, 3.63) is 29.8 Å². The molecule has 31 heavy (non-hydrogen) atoms. The minimum Gasteiger partial charge on any atom is -0.497 e. The minimum atomic E-state index is -0.508. The predicted molar refractivity (Wildman–Crippen MR) is 117 cm³/mol. The molecule has 10 heteroatoms. The smallest absolute Gasteiger partial charge is 0.327 e. The summed E-state index contributed by atoms with van der Waals surface area (Å²) in [4.78, 5) is 42.8. The van der Waals surface area contributed by atoms with Crippen LogP contribution in [0.5, 0.6) is 5.75 Å². The lowest BCUT2D eigenvalue weighted by molar-refractivity contribution is -0.140. The van der Waals surface area contributed by atoms with Gasteiger partial charge in [0.2, 0.25) is 11.8 Å². The molecule has 4 atom stereocenters. The number of hydrogen-bond donors (Lipinski definition) is 2. The van der Waals surface area contributed by atoms with Gasteiger partial charge in [0, 0.05) is 27.2 Å². The van der Waals surface area contributed by atoms with Crippen LogP contribution in [-0.4, -0.2) is 84.1 Å². The van der Waals surface area contributed by atoms with Crippen molar-refractivity contribution in [1.82, 2.24) is 25.3 Å². The summed E-state index contributed by atoms with van der Waals surface area (Å²) in [5, 5.41) is 6.57. The maximum atomic E-state index is 13.0. The summed E-state index contributed by atoms with van der Waals surface area (Å²) in [7, 11) is 4.81. The van der Waals surface area contributed by atoms with Crippen molar-refractivity contribution in [2.45, 2.75) is 30.5 Å². The Labute approximate surface area is 186 Å². The summed E-state index contributed by atoms with van der Waals surface area (Å²) in [6, 6.07) is 7.30. The van der Waals surface area contributed by atoms with Gasteiger partial charge < -0.3 is 14.5 Å². The second-order valence-corrected chi connectivity index (χ2v) is 9.25. The molecule has 9 nitrogen and oxygen atoms in total. The molecule has 0 aliphatic carbocycles. The molecule has 4 rings (SSSR count). The largest absolute Gasteiger partial charge is 0.497 e. The number of likely N-dealkylation sites (tertiary alicyclic amines) is 1. The number of nitrogens with one attached hydrogen (secondary N) is 2. The number of carbonyl (C=O) groups excluding carboxylic acids is 3. The fourth-order valence-electron chi connectivity index (χ4n) is 4.43. The van der Waals surface area contributed by atoms with E-state index in [2.05, 4.69) is 10.6 Å². The van der Waals surface area contributed by atoms with Gasteiger partial charge in [-0.1, -0.05) is 12.1 Å². The lowest BCUT2D eigenvalue weighted by Gasteiger charge is -2.50. The molecule has 3 aliphatic rings. The quantitative estimate of drug-likeness (QED) is 0.696. The number of nitrogens with zero attached hydrogens (tertiary/aromatic N) is 3. The van der Waals surface area contributed by atoms with Gasteiger partial charge >= 0.3 is 6.03 Å². The van der Waals surface area contributed by atoms with Gasteiger partial charge in [0.05, 0.1) is 36.5 Å². The van der Waals surface area contributed by atoms with Crippen molar-refractivity contribution in [2.24, 2.45) is 5.92 Å². The Morgan fingerprint density at radius 1 is 1.19 bits per heavy atom. The van der Waals surface area contributed by atoms with E-state index in [0.29, 0.717) is 5.75 Å². The lowest BCUT2D eigenvalue weighted by Crippen LogP contribution is -2.72. The Bertz CT molecular complexity index is 862. The number of fused-ring (bicyclic) bond motifs is 1. The highest BCUT2D eigenvalue weighted by molar-refractivity contribution is 8.00. The van der Waals surface area contributed by atoms with Crippen LogP contribution in [0, 0.1) is 5.92 Å². The zero-order valence-electron chi connectivity index (χ0n) is 18.0. The highest BCUT2D eigenvalue weighted by Crippen LogP contribution is 2.35. The molecule has 4 unspecified atom stereocenters. The molecule has 0 spiro atoms. The predicted octanol–water partition coefficient (Wildman–Crippen LogP) is 1.03. The Balaban J connectivity index is 1.58. The zero-order valence-corrected chi connectivity index (χ0v) is 18.9. The molecule has 4 amide bonds. The van der Waals surface area contributed by atoms with Crippen LogP contribution in [0.1, 0.15) is 24.6 Å². The molecule has 0 aromatic heterocycles. The van der Waals surface area contributed by atoms with E-state index in [0.717, 1.165) is 42.1 Å². The van der Waals surface area contributed by atoms with Crippen LogP contribution >= 0.6 is 11.8 Å². The molecule has 3 fully saturated rings. The molecule has 1 aromatic carbocycles. The number of benzene rings is 1. The molecular formula is C21H29N5O4S. The van der Waals surface area contributed by atoms with E-state index < -0.39 is 12.1 Å². The second kappa shape index (κ2) is 9.05. The maximum absolute atomic E-state index is 13.0. The maximum Gasteiger partial charge on any atom is 0.327 e. The van der Waals surface area contributed by atoms with Crippen molar-refractivity contribution in [3.63, 3.8) is 0 Å². The van der Waals surface area contributed by atoms with Gasteiger partial charge in [-0.05, 0) is 30.5 Å². The molecule has 0 radical (unpaired) electrons. The van der Waals surface area contributed by atoms with Crippen LogP contribution in [0.4, 0.5) is 4.79 Å². The molecule has 3 aliphatic heterocycles. The third-order valence-corrected chi connectivity index (χ3v) is 7.43. The number of amides is 4. The fraction of sp³-hybridized carbons (Fsp3) is 0.571. The van der Waals surface area contributed by atoms with Crippen molar-refractivity contribution in [3.8, 4) is 5.75 Å². The monoisotopic (exact) mass is 447 g/mol. The number of thioether (sulfide) groups is 1. The fourth-order valence-corrected chi connectivity index (χ4v) is 5.64. The van der Waals surface area contributed by atoms with Crippen LogP contribution in [0.2, 0.25) is 0 Å². The topological polar surface area (TPSA) is 94.2 Å². The first-order valence-electron chi connectivity index (χ1n) is 10.5. The van der Waals surface area contributed by atoms with Crippen LogP contribution in [0.25, 0.3) is 0 Å². The normalized spacial score (nSPS) is 28.7. The molecule has 3 heterocycles. The van der Waals surface area contributed by atoms with Crippen LogP contribution < -0.4 is 15.4 Å². The molecular weight excluding hydrogens is 418 g/mol. The number of imide groups is 1. The molecule has 1 aromatic rings. The van der Waals surface area contributed by atoms with E-state index in [-0.39, 0.29) is 29.4 Å². The third-order valence-electron chi connectivity index (χ3n) is 6.23. The van der Waals surface area contributed by atoms with E-state index >= 15 is 0 Å². The summed E-state index contributed by atoms with van der Waals surface area (Å²) >= 11 is 1.44.